The molecule has 4 rings (SSSR count). The summed E-state index contributed by atoms with van der Waals surface area (Å²) in [7, 11) is 1.64. The molecule has 0 radical (unpaired) electrons. The van der Waals surface area contributed by atoms with Crippen LogP contribution in [0, 0.1) is 6.92 Å². The van der Waals surface area contributed by atoms with Crippen LogP contribution >= 0.6 is 11.8 Å². The fourth-order valence-corrected chi connectivity index (χ4v) is 4.58. The van der Waals surface area contributed by atoms with Crippen LogP contribution in [0.15, 0.2) is 58.4 Å². The number of morpholine rings is 1. The number of thioether (sulfide) groups is 1. The van der Waals surface area contributed by atoms with Crippen molar-refractivity contribution in [3.05, 3.63) is 64.6 Å². The molecule has 1 amide bonds. The molecule has 2 heterocycles. The maximum atomic E-state index is 13.1. The van der Waals surface area contributed by atoms with Gasteiger partial charge in [-0.05, 0) is 60.2 Å². The van der Waals surface area contributed by atoms with Crippen molar-refractivity contribution < 1.29 is 14.3 Å². The van der Waals surface area contributed by atoms with Crippen molar-refractivity contribution in [2.75, 3.05) is 51.5 Å². The smallest absolute Gasteiger partial charge is 0.266 e. The number of hydrogen-bond donors (Lipinski definition) is 0. The Morgan fingerprint density at radius 2 is 1.94 bits per heavy atom. The summed E-state index contributed by atoms with van der Waals surface area (Å²) in [5.74, 6) is -0.0339. The predicted octanol–water partition coefficient (Wildman–Crippen LogP) is 4.08. The molecule has 2 saturated heterocycles. The molecule has 2 aliphatic heterocycles. The van der Waals surface area contributed by atoms with E-state index in [4.69, 9.17) is 14.5 Å². The highest BCUT2D eigenvalue weighted by Gasteiger charge is 2.33. The molecule has 162 valence electrons. The lowest BCUT2D eigenvalue weighted by molar-refractivity contribution is -0.122. The fourth-order valence-electron chi connectivity index (χ4n) is 3.57. The van der Waals surface area contributed by atoms with E-state index >= 15 is 0 Å². The van der Waals surface area contributed by atoms with Crippen LogP contribution in [0.25, 0.3) is 6.08 Å². The van der Waals surface area contributed by atoms with Gasteiger partial charge in [0.2, 0.25) is 0 Å². The molecule has 0 spiro atoms. The summed E-state index contributed by atoms with van der Waals surface area (Å²) >= 11 is 1.41. The number of carbonyl (C=O) groups is 1. The number of rotatable bonds is 6. The van der Waals surface area contributed by atoms with Gasteiger partial charge >= 0.3 is 0 Å². The lowest BCUT2D eigenvalue weighted by Gasteiger charge is -2.29. The number of methoxy groups -OCH3 is 1. The van der Waals surface area contributed by atoms with E-state index in [2.05, 4.69) is 30.0 Å². The van der Waals surface area contributed by atoms with Gasteiger partial charge in [0.1, 0.15) is 0 Å². The number of benzene rings is 2. The summed E-state index contributed by atoms with van der Waals surface area (Å²) in [4.78, 5) is 22.5. The van der Waals surface area contributed by atoms with Crippen molar-refractivity contribution in [2.45, 2.75) is 6.92 Å². The zero-order chi connectivity index (χ0) is 21.6. The molecular formula is C24H27N3O3S. The molecule has 0 aromatic heterocycles. The number of carbonyl (C=O) groups excluding carboxylic acids is 1. The van der Waals surface area contributed by atoms with Gasteiger partial charge in [-0.2, -0.15) is 0 Å². The van der Waals surface area contributed by atoms with Gasteiger partial charge < -0.3 is 14.4 Å². The quantitative estimate of drug-likeness (QED) is 0.638. The highest BCUT2D eigenvalue weighted by Crippen LogP contribution is 2.35. The van der Waals surface area contributed by atoms with E-state index in [-0.39, 0.29) is 5.91 Å². The largest absolute Gasteiger partial charge is 0.383 e. The van der Waals surface area contributed by atoms with Crippen LogP contribution in [0.4, 0.5) is 11.4 Å². The standard InChI is InChI=1S/C24H27N3O3S/c1-18-16-21(26-10-14-30-15-11-26)9-8-19(18)17-22-23(28)27(12-13-29-2)24(31-22)25-20-6-4-3-5-7-20/h3-9,16-17H,10-15H2,1-2H3. The SMILES string of the molecule is COCCN1C(=O)C(=Cc2ccc(N3CCOCC3)cc2C)SC1=Nc1ccccc1. The van der Waals surface area contributed by atoms with Gasteiger partial charge in [-0.1, -0.05) is 24.3 Å². The summed E-state index contributed by atoms with van der Waals surface area (Å²) < 4.78 is 10.7. The number of amidine groups is 1. The second-order valence-corrected chi connectivity index (χ2v) is 8.44. The van der Waals surface area contributed by atoms with Gasteiger partial charge in [0, 0.05) is 25.9 Å². The van der Waals surface area contributed by atoms with E-state index in [1.165, 1.54) is 17.4 Å². The molecule has 0 atom stereocenters. The molecule has 0 saturated carbocycles. The molecule has 0 N–H and O–H groups in total. The van der Waals surface area contributed by atoms with Crippen LogP contribution < -0.4 is 4.90 Å². The minimum atomic E-state index is -0.0339. The van der Waals surface area contributed by atoms with Gasteiger partial charge in [-0.3, -0.25) is 9.69 Å². The summed E-state index contributed by atoms with van der Waals surface area (Å²) in [6.07, 6.45) is 1.97. The second kappa shape index (κ2) is 10.1. The maximum Gasteiger partial charge on any atom is 0.266 e. The van der Waals surface area contributed by atoms with Crippen LogP contribution in [0.5, 0.6) is 0 Å². The first-order valence-electron chi connectivity index (χ1n) is 10.4. The van der Waals surface area contributed by atoms with Crippen LogP contribution in [-0.4, -0.2) is 62.5 Å². The summed E-state index contributed by atoms with van der Waals surface area (Å²) in [6.45, 7) is 6.35. The molecule has 2 aromatic carbocycles. The number of amides is 1. The van der Waals surface area contributed by atoms with Crippen molar-refractivity contribution in [3.8, 4) is 0 Å². The first-order chi connectivity index (χ1) is 15.2. The first-order valence-corrected chi connectivity index (χ1v) is 11.2. The maximum absolute atomic E-state index is 13.1. The number of ether oxygens (including phenoxy) is 2. The topological polar surface area (TPSA) is 54.4 Å². The monoisotopic (exact) mass is 437 g/mol. The summed E-state index contributed by atoms with van der Waals surface area (Å²) in [5.41, 5.74) is 4.20. The minimum Gasteiger partial charge on any atom is -0.383 e. The van der Waals surface area contributed by atoms with E-state index < -0.39 is 0 Å². The van der Waals surface area contributed by atoms with Crippen molar-refractivity contribution in [2.24, 2.45) is 4.99 Å². The van der Waals surface area contributed by atoms with Gasteiger partial charge in [0.15, 0.2) is 5.17 Å². The third-order valence-corrected chi connectivity index (χ3v) is 6.31. The van der Waals surface area contributed by atoms with E-state index in [0.717, 1.165) is 43.1 Å². The molecule has 2 aliphatic rings. The zero-order valence-corrected chi connectivity index (χ0v) is 18.7. The van der Waals surface area contributed by atoms with E-state index in [9.17, 15) is 4.79 Å². The van der Waals surface area contributed by atoms with Crippen molar-refractivity contribution >= 4 is 40.3 Å². The lowest BCUT2D eigenvalue weighted by Crippen LogP contribution is -2.36. The van der Waals surface area contributed by atoms with Gasteiger partial charge in [0.25, 0.3) is 5.91 Å². The van der Waals surface area contributed by atoms with E-state index in [0.29, 0.717) is 23.2 Å². The Labute approximate surface area is 187 Å². The number of anilines is 1. The summed E-state index contributed by atoms with van der Waals surface area (Å²) in [5, 5.41) is 0.682. The van der Waals surface area contributed by atoms with Crippen LogP contribution in [-0.2, 0) is 14.3 Å². The Balaban J connectivity index is 1.59. The number of aryl methyl sites for hydroxylation is 1. The minimum absolute atomic E-state index is 0.0339. The number of para-hydroxylation sites is 1. The van der Waals surface area contributed by atoms with Gasteiger partial charge in [-0.25, -0.2) is 4.99 Å². The second-order valence-electron chi connectivity index (χ2n) is 7.43. The Morgan fingerprint density at radius 1 is 1.16 bits per heavy atom. The molecule has 2 aromatic rings. The molecule has 2 fully saturated rings. The van der Waals surface area contributed by atoms with Crippen LogP contribution in [0.2, 0.25) is 0 Å². The Morgan fingerprint density at radius 3 is 2.65 bits per heavy atom. The molecule has 6 nitrogen and oxygen atoms in total. The molecule has 0 bridgehead atoms. The number of nitrogens with zero attached hydrogens (tertiary/aromatic N) is 3. The molecule has 31 heavy (non-hydrogen) atoms. The van der Waals surface area contributed by atoms with Crippen LogP contribution in [0.1, 0.15) is 11.1 Å². The first kappa shape index (κ1) is 21.6. The van der Waals surface area contributed by atoms with Gasteiger partial charge in [-0.15, -0.1) is 0 Å². The molecular weight excluding hydrogens is 410 g/mol. The van der Waals surface area contributed by atoms with E-state index in [1.54, 1.807) is 12.0 Å². The zero-order valence-electron chi connectivity index (χ0n) is 17.9. The average molecular weight is 438 g/mol. The number of hydrogen-bond acceptors (Lipinski definition) is 6. The highest BCUT2D eigenvalue weighted by molar-refractivity contribution is 8.18. The highest BCUT2D eigenvalue weighted by atomic mass is 32.2. The molecule has 0 unspecified atom stereocenters. The lowest BCUT2D eigenvalue weighted by atomic mass is 10.1. The third kappa shape index (κ3) is 5.18. The van der Waals surface area contributed by atoms with E-state index in [1.807, 2.05) is 36.4 Å². The Kier molecular flexibility index (Phi) is 7.06. The predicted molar refractivity (Wildman–Crippen MR) is 127 cm³/mol. The van der Waals surface area contributed by atoms with Crippen LogP contribution in [0.3, 0.4) is 0 Å². The summed E-state index contributed by atoms with van der Waals surface area (Å²) in [6, 6.07) is 16.1. The number of aliphatic imine (C=N–C) groups is 1. The Hall–Kier alpha value is -2.61. The normalized spacial score (nSPS) is 19.6. The molecule has 0 aliphatic carbocycles. The van der Waals surface area contributed by atoms with Crippen molar-refractivity contribution in [3.63, 3.8) is 0 Å². The third-order valence-electron chi connectivity index (χ3n) is 5.30. The molecule has 7 heteroatoms. The Bertz CT molecular complexity index is 985. The average Bonchev–Trinajstić information content (AvgIpc) is 3.08. The van der Waals surface area contributed by atoms with Crippen molar-refractivity contribution in [1.82, 2.24) is 4.90 Å². The van der Waals surface area contributed by atoms with Crippen molar-refractivity contribution in [1.29, 1.82) is 0 Å². The fraction of sp³-hybridized carbons (Fsp3) is 0.333. The van der Waals surface area contributed by atoms with Gasteiger partial charge in [0.05, 0.1) is 37.0 Å².